The molecular weight excluding hydrogens is 230 g/mol. The smallest absolute Gasteiger partial charge is 0.119 e. The van der Waals surface area contributed by atoms with Crippen molar-refractivity contribution in [1.82, 2.24) is 0 Å². The Morgan fingerprint density at radius 1 is 1.12 bits per heavy atom. The van der Waals surface area contributed by atoms with Gasteiger partial charge in [-0.25, -0.2) is 0 Å². The molecule has 2 aromatic rings. The average molecular weight is 243 g/mol. The molecule has 2 rings (SSSR count). The molecular formula is C14H13NOS. The van der Waals surface area contributed by atoms with Crippen molar-refractivity contribution in [2.24, 2.45) is 5.73 Å². The highest BCUT2D eigenvalue weighted by Gasteiger charge is 2.08. The lowest BCUT2D eigenvalue weighted by molar-refractivity contribution is 0.415. The molecule has 0 amide bonds. The molecule has 0 radical (unpaired) electrons. The maximum absolute atomic E-state index is 5.73. The van der Waals surface area contributed by atoms with Crippen LogP contribution < -0.4 is 10.5 Å². The summed E-state index contributed by atoms with van der Waals surface area (Å²) in [6.45, 7) is 0. The van der Waals surface area contributed by atoms with Crippen molar-refractivity contribution in [3.63, 3.8) is 0 Å². The average Bonchev–Trinajstić information content (AvgIpc) is 2.39. The molecule has 0 aromatic heterocycles. The van der Waals surface area contributed by atoms with Gasteiger partial charge in [0.15, 0.2) is 0 Å². The van der Waals surface area contributed by atoms with Gasteiger partial charge in [-0.2, -0.15) is 0 Å². The summed E-state index contributed by atoms with van der Waals surface area (Å²) in [7, 11) is 1.64. The first-order chi connectivity index (χ1) is 8.22. The van der Waals surface area contributed by atoms with Gasteiger partial charge in [0, 0.05) is 5.56 Å². The fourth-order valence-corrected chi connectivity index (χ4v) is 1.90. The van der Waals surface area contributed by atoms with Crippen LogP contribution >= 0.6 is 12.2 Å². The van der Waals surface area contributed by atoms with Crippen molar-refractivity contribution in [1.29, 1.82) is 0 Å². The zero-order valence-electron chi connectivity index (χ0n) is 9.51. The highest BCUT2D eigenvalue weighted by Crippen LogP contribution is 2.27. The third kappa shape index (κ3) is 2.45. The molecule has 0 saturated heterocycles. The van der Waals surface area contributed by atoms with Crippen LogP contribution in [-0.2, 0) is 0 Å². The first kappa shape index (κ1) is 11.6. The van der Waals surface area contributed by atoms with Crippen molar-refractivity contribution >= 4 is 17.2 Å². The number of rotatable bonds is 3. The summed E-state index contributed by atoms with van der Waals surface area (Å²) in [5.41, 5.74) is 8.68. The fourth-order valence-electron chi connectivity index (χ4n) is 1.72. The van der Waals surface area contributed by atoms with Crippen LogP contribution in [0.25, 0.3) is 11.1 Å². The summed E-state index contributed by atoms with van der Waals surface area (Å²) >= 11 is 5.07. The largest absolute Gasteiger partial charge is 0.497 e. The molecule has 2 aromatic carbocycles. The van der Waals surface area contributed by atoms with Crippen molar-refractivity contribution in [3.8, 4) is 16.9 Å². The van der Waals surface area contributed by atoms with E-state index in [9.17, 15) is 0 Å². The van der Waals surface area contributed by atoms with Crippen molar-refractivity contribution in [3.05, 3.63) is 54.1 Å². The van der Waals surface area contributed by atoms with Crippen LogP contribution in [0, 0.1) is 0 Å². The first-order valence-corrected chi connectivity index (χ1v) is 5.66. The Kier molecular flexibility index (Phi) is 3.40. The van der Waals surface area contributed by atoms with E-state index in [1.54, 1.807) is 7.11 Å². The van der Waals surface area contributed by atoms with Crippen LogP contribution in [0.2, 0.25) is 0 Å². The zero-order chi connectivity index (χ0) is 12.3. The second kappa shape index (κ2) is 4.97. The van der Waals surface area contributed by atoms with Gasteiger partial charge in [0.05, 0.1) is 7.11 Å². The number of thiocarbonyl (C=S) groups is 1. The lowest BCUT2D eigenvalue weighted by Gasteiger charge is -2.10. The topological polar surface area (TPSA) is 35.2 Å². The molecule has 0 heterocycles. The van der Waals surface area contributed by atoms with E-state index in [-0.39, 0.29) is 0 Å². The van der Waals surface area contributed by atoms with Crippen LogP contribution in [0.3, 0.4) is 0 Å². The summed E-state index contributed by atoms with van der Waals surface area (Å²) in [6.07, 6.45) is 0. The molecule has 0 atom stereocenters. The molecule has 2 N–H and O–H groups in total. The van der Waals surface area contributed by atoms with Gasteiger partial charge in [0.25, 0.3) is 0 Å². The number of nitrogens with two attached hydrogens (primary N) is 1. The summed E-state index contributed by atoms with van der Waals surface area (Å²) in [5, 5.41) is 0. The molecule has 0 bridgehead atoms. The molecule has 0 aliphatic carbocycles. The zero-order valence-corrected chi connectivity index (χ0v) is 10.3. The SMILES string of the molecule is COc1ccc(C(N)=S)c(-c2ccccc2)c1. The van der Waals surface area contributed by atoms with Gasteiger partial charge in [0.2, 0.25) is 0 Å². The van der Waals surface area contributed by atoms with E-state index in [4.69, 9.17) is 22.7 Å². The molecule has 0 aliphatic heterocycles. The van der Waals surface area contributed by atoms with Gasteiger partial charge in [-0.3, -0.25) is 0 Å². The first-order valence-electron chi connectivity index (χ1n) is 5.25. The molecule has 3 heteroatoms. The second-order valence-corrected chi connectivity index (χ2v) is 4.08. The second-order valence-electron chi connectivity index (χ2n) is 3.64. The Morgan fingerprint density at radius 2 is 1.82 bits per heavy atom. The third-order valence-corrected chi connectivity index (χ3v) is 2.80. The minimum atomic E-state index is 0.395. The lowest BCUT2D eigenvalue weighted by Crippen LogP contribution is -2.10. The van der Waals surface area contributed by atoms with Gasteiger partial charge < -0.3 is 10.5 Å². The van der Waals surface area contributed by atoms with E-state index >= 15 is 0 Å². The Bertz CT molecular complexity index is 537. The summed E-state index contributed by atoms with van der Waals surface area (Å²) in [5.74, 6) is 0.795. The quantitative estimate of drug-likeness (QED) is 0.842. The number of hydrogen-bond acceptors (Lipinski definition) is 2. The van der Waals surface area contributed by atoms with E-state index in [1.165, 1.54) is 0 Å². The monoisotopic (exact) mass is 243 g/mol. The third-order valence-electron chi connectivity index (χ3n) is 2.58. The van der Waals surface area contributed by atoms with E-state index < -0.39 is 0 Å². The molecule has 2 nitrogen and oxygen atoms in total. The highest BCUT2D eigenvalue weighted by atomic mass is 32.1. The number of ether oxygens (including phenoxy) is 1. The minimum absolute atomic E-state index is 0.395. The molecule has 86 valence electrons. The van der Waals surface area contributed by atoms with Crippen LogP contribution in [0.5, 0.6) is 5.75 Å². The Hall–Kier alpha value is -1.87. The number of benzene rings is 2. The summed E-state index contributed by atoms with van der Waals surface area (Å²) < 4.78 is 5.23. The Balaban J connectivity index is 2.61. The summed E-state index contributed by atoms with van der Waals surface area (Å²) in [4.78, 5) is 0.395. The maximum atomic E-state index is 5.73. The predicted molar refractivity (Wildman–Crippen MR) is 74.3 cm³/mol. The standard InChI is InChI=1S/C14H13NOS/c1-16-11-7-8-12(14(15)17)13(9-11)10-5-3-2-4-6-10/h2-9H,1H3,(H2,15,17). The van der Waals surface area contributed by atoms with E-state index in [0.29, 0.717) is 4.99 Å². The van der Waals surface area contributed by atoms with Gasteiger partial charge in [0.1, 0.15) is 10.7 Å². The van der Waals surface area contributed by atoms with Gasteiger partial charge >= 0.3 is 0 Å². The number of hydrogen-bond donors (Lipinski definition) is 1. The molecule has 0 aliphatic rings. The van der Waals surface area contributed by atoms with E-state index in [1.807, 2.05) is 48.5 Å². The maximum Gasteiger partial charge on any atom is 0.119 e. The Morgan fingerprint density at radius 3 is 2.41 bits per heavy atom. The van der Waals surface area contributed by atoms with Crippen molar-refractivity contribution in [2.45, 2.75) is 0 Å². The fraction of sp³-hybridized carbons (Fsp3) is 0.0714. The molecule has 0 fully saturated rings. The van der Waals surface area contributed by atoms with Crippen LogP contribution in [0.4, 0.5) is 0 Å². The molecule has 0 spiro atoms. The summed E-state index contributed by atoms with van der Waals surface area (Å²) in [6, 6.07) is 15.7. The molecule has 0 saturated carbocycles. The van der Waals surface area contributed by atoms with Crippen molar-refractivity contribution < 1.29 is 4.74 Å². The number of methoxy groups -OCH3 is 1. The minimum Gasteiger partial charge on any atom is -0.497 e. The van der Waals surface area contributed by atoms with Gasteiger partial charge in [-0.1, -0.05) is 42.5 Å². The van der Waals surface area contributed by atoms with Crippen LogP contribution in [-0.4, -0.2) is 12.1 Å². The van der Waals surface area contributed by atoms with E-state index in [0.717, 1.165) is 22.4 Å². The Labute approximate surface area is 106 Å². The van der Waals surface area contributed by atoms with Crippen LogP contribution in [0.15, 0.2) is 48.5 Å². The normalized spacial score (nSPS) is 9.94. The molecule has 17 heavy (non-hydrogen) atoms. The highest BCUT2D eigenvalue weighted by molar-refractivity contribution is 7.80. The van der Waals surface area contributed by atoms with Crippen molar-refractivity contribution in [2.75, 3.05) is 7.11 Å². The lowest BCUT2D eigenvalue weighted by atomic mass is 9.99. The predicted octanol–water partition coefficient (Wildman–Crippen LogP) is 3.00. The molecule has 0 unspecified atom stereocenters. The van der Waals surface area contributed by atoms with Gasteiger partial charge in [-0.15, -0.1) is 0 Å². The van der Waals surface area contributed by atoms with E-state index in [2.05, 4.69) is 0 Å². The van der Waals surface area contributed by atoms with Crippen LogP contribution in [0.1, 0.15) is 5.56 Å². The van der Waals surface area contributed by atoms with Gasteiger partial charge in [-0.05, 0) is 29.3 Å².